The number of benzene rings is 2. The minimum Gasteiger partial charge on any atom is -0.352 e. The van der Waals surface area contributed by atoms with Gasteiger partial charge < -0.3 is 10.2 Å². The molecule has 0 bridgehead atoms. The van der Waals surface area contributed by atoms with Gasteiger partial charge in [0.15, 0.2) is 0 Å². The summed E-state index contributed by atoms with van der Waals surface area (Å²) in [5.41, 5.74) is 4.24. The van der Waals surface area contributed by atoms with Crippen molar-refractivity contribution in [3.63, 3.8) is 0 Å². The number of rotatable bonds is 8. The van der Waals surface area contributed by atoms with Crippen LogP contribution in [0.15, 0.2) is 42.5 Å². The fourth-order valence-electron chi connectivity index (χ4n) is 3.02. The van der Waals surface area contributed by atoms with Crippen LogP contribution in [-0.2, 0) is 22.6 Å². The number of nitrogens with zero attached hydrogens (tertiary/aromatic N) is 1. The predicted octanol–water partition coefficient (Wildman–Crippen LogP) is 4.83. The van der Waals surface area contributed by atoms with Crippen molar-refractivity contribution in [1.29, 1.82) is 0 Å². The normalized spacial score (nSPS) is 12.9. The molecule has 0 spiro atoms. The van der Waals surface area contributed by atoms with Crippen LogP contribution < -0.4 is 5.32 Å². The maximum Gasteiger partial charge on any atom is 0.242 e. The van der Waals surface area contributed by atoms with Crippen LogP contribution in [-0.4, -0.2) is 28.8 Å². The Morgan fingerprint density at radius 2 is 1.62 bits per heavy atom. The van der Waals surface area contributed by atoms with Gasteiger partial charge in [0.25, 0.3) is 0 Å². The van der Waals surface area contributed by atoms with Gasteiger partial charge in [0, 0.05) is 17.6 Å². The van der Waals surface area contributed by atoms with Crippen molar-refractivity contribution >= 4 is 23.4 Å². The molecule has 2 atom stereocenters. The van der Waals surface area contributed by atoms with E-state index < -0.39 is 6.04 Å². The molecule has 2 amide bonds. The second kappa shape index (κ2) is 10.4. The summed E-state index contributed by atoms with van der Waals surface area (Å²) in [5.74, 6) is -0.211. The summed E-state index contributed by atoms with van der Waals surface area (Å²) in [6.07, 6.45) is 1.10. The third-order valence-electron chi connectivity index (χ3n) is 5.36. The van der Waals surface area contributed by atoms with Crippen molar-refractivity contribution in [2.75, 3.05) is 0 Å². The number of hydrogen-bond donors (Lipinski definition) is 1. The lowest BCUT2D eigenvalue weighted by Crippen LogP contribution is -2.49. The highest BCUT2D eigenvalue weighted by atomic mass is 35.5. The summed E-state index contributed by atoms with van der Waals surface area (Å²) in [6.45, 7) is 10.2. The Hall–Kier alpha value is -2.33. The predicted molar refractivity (Wildman–Crippen MR) is 119 cm³/mol. The average molecular weight is 415 g/mol. The third-order valence-corrected chi connectivity index (χ3v) is 5.61. The summed E-state index contributed by atoms with van der Waals surface area (Å²) in [6, 6.07) is 12.9. The average Bonchev–Trinajstić information content (AvgIpc) is 2.69. The molecule has 1 N–H and O–H groups in total. The second-order valence-corrected chi connectivity index (χ2v) is 8.17. The van der Waals surface area contributed by atoms with Crippen molar-refractivity contribution in [1.82, 2.24) is 10.2 Å². The number of amides is 2. The number of carbonyl (C=O) groups is 2. The zero-order valence-corrected chi connectivity index (χ0v) is 18.7. The van der Waals surface area contributed by atoms with E-state index in [0.717, 1.165) is 23.1 Å². The molecule has 5 heteroatoms. The first-order chi connectivity index (χ1) is 13.7. The van der Waals surface area contributed by atoms with Gasteiger partial charge in [-0.25, -0.2) is 0 Å². The molecule has 0 fully saturated rings. The van der Waals surface area contributed by atoms with Crippen LogP contribution in [0.4, 0.5) is 0 Å². The highest BCUT2D eigenvalue weighted by Gasteiger charge is 2.26. The van der Waals surface area contributed by atoms with Crippen LogP contribution in [0.3, 0.4) is 0 Å². The molecule has 29 heavy (non-hydrogen) atoms. The lowest BCUT2D eigenvalue weighted by atomic mass is 10.0. The van der Waals surface area contributed by atoms with Gasteiger partial charge in [0.2, 0.25) is 11.8 Å². The molecule has 0 unspecified atom stereocenters. The number of halogens is 1. The van der Waals surface area contributed by atoms with Crippen molar-refractivity contribution in [3.05, 3.63) is 69.7 Å². The minimum atomic E-state index is -0.571. The largest absolute Gasteiger partial charge is 0.352 e. The van der Waals surface area contributed by atoms with E-state index >= 15 is 0 Å². The Balaban J connectivity index is 2.23. The Morgan fingerprint density at radius 1 is 1.00 bits per heavy atom. The molecule has 4 nitrogen and oxygen atoms in total. The molecule has 0 heterocycles. The Kier molecular flexibility index (Phi) is 8.27. The van der Waals surface area contributed by atoms with E-state index in [0.29, 0.717) is 11.6 Å². The summed E-state index contributed by atoms with van der Waals surface area (Å²) >= 11 is 5.99. The van der Waals surface area contributed by atoms with Crippen LogP contribution in [0.2, 0.25) is 5.02 Å². The van der Waals surface area contributed by atoms with Gasteiger partial charge in [-0.2, -0.15) is 0 Å². The summed E-state index contributed by atoms with van der Waals surface area (Å²) in [5, 5.41) is 3.63. The molecule has 2 rings (SSSR count). The summed E-state index contributed by atoms with van der Waals surface area (Å²) in [7, 11) is 0. The van der Waals surface area contributed by atoms with Crippen molar-refractivity contribution in [2.24, 2.45) is 0 Å². The Bertz CT molecular complexity index is 848. The quantitative estimate of drug-likeness (QED) is 0.672. The minimum absolute atomic E-state index is 0.0668. The SMILES string of the molecule is CC[C@@H](C)NC(=O)[C@@H](C)N(Cc1ccc(Cl)cc1)C(=O)Cc1ccc(C)c(C)c1. The van der Waals surface area contributed by atoms with E-state index in [4.69, 9.17) is 11.6 Å². The monoisotopic (exact) mass is 414 g/mol. The maximum atomic E-state index is 13.2. The number of aryl methyl sites for hydroxylation is 2. The molecule has 2 aromatic rings. The van der Waals surface area contributed by atoms with E-state index in [2.05, 4.69) is 12.2 Å². The van der Waals surface area contributed by atoms with Crippen LogP contribution in [0.25, 0.3) is 0 Å². The zero-order valence-electron chi connectivity index (χ0n) is 18.0. The van der Waals surface area contributed by atoms with Gasteiger partial charge in [-0.3, -0.25) is 9.59 Å². The van der Waals surface area contributed by atoms with Crippen LogP contribution in [0.1, 0.15) is 49.4 Å². The van der Waals surface area contributed by atoms with E-state index in [1.165, 1.54) is 5.56 Å². The first-order valence-electron chi connectivity index (χ1n) is 10.1. The molecule has 0 saturated carbocycles. The molecule has 2 aromatic carbocycles. The molecule has 156 valence electrons. The number of carbonyl (C=O) groups excluding carboxylic acids is 2. The van der Waals surface area contributed by atoms with E-state index in [9.17, 15) is 9.59 Å². The van der Waals surface area contributed by atoms with Crippen molar-refractivity contribution < 1.29 is 9.59 Å². The van der Waals surface area contributed by atoms with E-state index in [1.54, 1.807) is 24.0 Å². The first-order valence-corrected chi connectivity index (χ1v) is 10.5. The number of hydrogen-bond acceptors (Lipinski definition) is 2. The molecule has 0 aliphatic heterocycles. The van der Waals surface area contributed by atoms with Crippen molar-refractivity contribution in [3.8, 4) is 0 Å². The van der Waals surface area contributed by atoms with Gasteiger partial charge in [0.1, 0.15) is 6.04 Å². The maximum absolute atomic E-state index is 13.2. The third kappa shape index (κ3) is 6.60. The van der Waals surface area contributed by atoms with E-state index in [1.807, 2.05) is 51.1 Å². The van der Waals surface area contributed by atoms with Gasteiger partial charge in [0.05, 0.1) is 6.42 Å². The molecule has 0 saturated heterocycles. The molecule has 0 aliphatic carbocycles. The zero-order chi connectivity index (χ0) is 21.6. The van der Waals surface area contributed by atoms with Crippen LogP contribution in [0.5, 0.6) is 0 Å². The van der Waals surface area contributed by atoms with Gasteiger partial charge >= 0.3 is 0 Å². The summed E-state index contributed by atoms with van der Waals surface area (Å²) in [4.78, 5) is 27.6. The highest BCUT2D eigenvalue weighted by Crippen LogP contribution is 2.17. The molecule has 0 radical (unpaired) electrons. The second-order valence-electron chi connectivity index (χ2n) is 7.74. The molecular formula is C24H31ClN2O2. The van der Waals surface area contributed by atoms with Gasteiger partial charge in [-0.15, -0.1) is 0 Å². The number of nitrogens with one attached hydrogen (secondary N) is 1. The molecule has 0 aliphatic rings. The lowest BCUT2D eigenvalue weighted by Gasteiger charge is -2.30. The van der Waals surface area contributed by atoms with Crippen LogP contribution in [0, 0.1) is 13.8 Å². The standard InChI is InChI=1S/C24H31ClN2O2/c1-6-18(4)26-24(29)19(5)27(15-20-9-11-22(25)12-10-20)23(28)14-21-8-7-16(2)17(3)13-21/h7-13,18-19H,6,14-15H2,1-5H3,(H,26,29)/t18-,19-/m1/s1. The van der Waals surface area contributed by atoms with Crippen molar-refractivity contribution in [2.45, 2.75) is 66.1 Å². The smallest absolute Gasteiger partial charge is 0.242 e. The Morgan fingerprint density at radius 3 is 2.21 bits per heavy atom. The highest BCUT2D eigenvalue weighted by molar-refractivity contribution is 6.30. The lowest BCUT2D eigenvalue weighted by molar-refractivity contribution is -0.140. The van der Waals surface area contributed by atoms with Crippen LogP contribution >= 0.6 is 11.6 Å². The van der Waals surface area contributed by atoms with Gasteiger partial charge in [-0.1, -0.05) is 48.9 Å². The fourth-order valence-corrected chi connectivity index (χ4v) is 3.15. The molecular weight excluding hydrogens is 384 g/mol. The Labute approximate surface area is 179 Å². The van der Waals surface area contributed by atoms with Gasteiger partial charge in [-0.05, 0) is 68.5 Å². The molecule has 0 aromatic heterocycles. The topological polar surface area (TPSA) is 49.4 Å². The first kappa shape index (κ1) is 23.0. The fraction of sp³-hybridized carbons (Fsp3) is 0.417. The van der Waals surface area contributed by atoms with E-state index in [-0.39, 0.29) is 24.3 Å². The summed E-state index contributed by atoms with van der Waals surface area (Å²) < 4.78 is 0.